The Hall–Kier alpha value is -1.99. The predicted molar refractivity (Wildman–Crippen MR) is 73.5 cm³/mol. The van der Waals surface area contributed by atoms with Gasteiger partial charge in [0.25, 0.3) is 5.22 Å². The van der Waals surface area contributed by atoms with E-state index in [-0.39, 0.29) is 12.4 Å². The van der Waals surface area contributed by atoms with Gasteiger partial charge in [0, 0.05) is 17.3 Å². The summed E-state index contributed by atoms with van der Waals surface area (Å²) in [5, 5.41) is 8.82. The van der Waals surface area contributed by atoms with Crippen LogP contribution in [-0.4, -0.2) is 15.2 Å². The molecule has 0 fully saturated rings. The van der Waals surface area contributed by atoms with Gasteiger partial charge >= 0.3 is 0 Å². The Morgan fingerprint density at radius 3 is 3.00 bits per heavy atom. The van der Waals surface area contributed by atoms with Crippen LogP contribution in [0.15, 0.2) is 40.1 Å². The van der Waals surface area contributed by atoms with E-state index in [2.05, 4.69) is 15.2 Å². The molecule has 0 amide bonds. The Morgan fingerprint density at radius 1 is 1.30 bits per heavy atom. The fourth-order valence-corrected chi connectivity index (χ4v) is 2.61. The number of pyridine rings is 1. The maximum absolute atomic E-state index is 13.6. The van der Waals surface area contributed by atoms with Crippen molar-refractivity contribution in [2.75, 3.05) is 0 Å². The highest BCUT2D eigenvalue weighted by molar-refractivity contribution is 7.98. The summed E-state index contributed by atoms with van der Waals surface area (Å²) in [4.78, 5) is 4.29. The lowest BCUT2D eigenvalue weighted by molar-refractivity contribution is 0.415. The Kier molecular flexibility index (Phi) is 3.62. The Balaban J connectivity index is 1.86. The first-order chi connectivity index (χ1) is 9.76. The number of nitrogens with zero attached hydrogens (tertiary/aromatic N) is 3. The molecule has 102 valence electrons. The van der Waals surface area contributed by atoms with Crippen molar-refractivity contribution in [3.8, 4) is 0 Å². The van der Waals surface area contributed by atoms with Crippen molar-refractivity contribution >= 4 is 22.7 Å². The Morgan fingerprint density at radius 2 is 2.20 bits per heavy atom. The molecule has 0 aliphatic rings. The van der Waals surface area contributed by atoms with Gasteiger partial charge in [-0.05, 0) is 23.8 Å². The van der Waals surface area contributed by atoms with Crippen LogP contribution in [0.1, 0.15) is 11.5 Å². The quantitative estimate of drug-likeness (QED) is 0.744. The van der Waals surface area contributed by atoms with E-state index in [0.717, 1.165) is 16.5 Å². The minimum atomic E-state index is -0.283. The Labute approximate surface area is 118 Å². The molecule has 1 aromatic carbocycles. The fraction of sp³-hybridized carbons (Fsp3) is 0.154. The van der Waals surface area contributed by atoms with Crippen LogP contribution in [-0.2, 0) is 12.3 Å². The highest BCUT2D eigenvalue weighted by Crippen LogP contribution is 2.26. The third-order valence-corrected chi connectivity index (χ3v) is 3.59. The molecule has 0 saturated carbocycles. The molecule has 20 heavy (non-hydrogen) atoms. The maximum atomic E-state index is 13.6. The molecule has 0 aliphatic carbocycles. The first kappa shape index (κ1) is 13.0. The summed E-state index contributed by atoms with van der Waals surface area (Å²) in [6, 6.07) is 6.56. The normalized spacial score (nSPS) is 11.1. The van der Waals surface area contributed by atoms with Crippen molar-refractivity contribution in [2.45, 2.75) is 17.5 Å². The van der Waals surface area contributed by atoms with Crippen molar-refractivity contribution < 1.29 is 8.81 Å². The van der Waals surface area contributed by atoms with Gasteiger partial charge in [-0.25, -0.2) is 4.39 Å². The van der Waals surface area contributed by atoms with Crippen molar-refractivity contribution in [2.24, 2.45) is 5.73 Å². The largest absolute Gasteiger partial charge is 0.415 e. The van der Waals surface area contributed by atoms with E-state index in [9.17, 15) is 4.39 Å². The minimum Gasteiger partial charge on any atom is -0.415 e. The van der Waals surface area contributed by atoms with Crippen molar-refractivity contribution in [1.29, 1.82) is 0 Å². The van der Waals surface area contributed by atoms with Gasteiger partial charge in [0.1, 0.15) is 5.82 Å². The summed E-state index contributed by atoms with van der Waals surface area (Å²) in [5.74, 6) is 0.598. The first-order valence-corrected chi connectivity index (χ1v) is 6.93. The lowest BCUT2D eigenvalue weighted by Crippen LogP contribution is -1.95. The molecule has 0 saturated heterocycles. The molecule has 0 radical (unpaired) electrons. The molecule has 5 nitrogen and oxygen atoms in total. The molecule has 0 bridgehead atoms. The van der Waals surface area contributed by atoms with Crippen LogP contribution in [0, 0.1) is 5.82 Å². The van der Waals surface area contributed by atoms with Crippen LogP contribution in [0.3, 0.4) is 0 Å². The van der Waals surface area contributed by atoms with Crippen LogP contribution >= 0.6 is 11.8 Å². The van der Waals surface area contributed by atoms with Crippen LogP contribution in [0.2, 0.25) is 0 Å². The molecule has 2 aromatic heterocycles. The van der Waals surface area contributed by atoms with Crippen LogP contribution in [0.25, 0.3) is 10.9 Å². The zero-order valence-electron chi connectivity index (χ0n) is 10.4. The van der Waals surface area contributed by atoms with Gasteiger partial charge in [-0.1, -0.05) is 17.8 Å². The van der Waals surface area contributed by atoms with Gasteiger partial charge in [0.15, 0.2) is 0 Å². The molecule has 0 aliphatic heterocycles. The third-order valence-electron chi connectivity index (χ3n) is 2.72. The SMILES string of the molecule is NCc1nnc(SCc2cc(F)cc3cccnc23)o1. The van der Waals surface area contributed by atoms with E-state index in [1.54, 1.807) is 12.3 Å². The number of aromatic nitrogens is 3. The van der Waals surface area contributed by atoms with Gasteiger partial charge < -0.3 is 10.2 Å². The van der Waals surface area contributed by atoms with E-state index >= 15 is 0 Å². The van der Waals surface area contributed by atoms with Gasteiger partial charge in [0.05, 0.1) is 12.1 Å². The number of benzene rings is 1. The summed E-state index contributed by atoms with van der Waals surface area (Å²) in [6.45, 7) is 0.206. The zero-order chi connectivity index (χ0) is 13.9. The number of fused-ring (bicyclic) bond motifs is 1. The number of hydrogen-bond donors (Lipinski definition) is 1. The molecule has 0 atom stereocenters. The predicted octanol–water partition coefficient (Wildman–Crippen LogP) is 2.51. The van der Waals surface area contributed by atoms with E-state index in [0.29, 0.717) is 16.9 Å². The van der Waals surface area contributed by atoms with Gasteiger partial charge in [-0.3, -0.25) is 4.98 Å². The van der Waals surface area contributed by atoms with Crippen LogP contribution in [0.4, 0.5) is 4.39 Å². The van der Waals surface area contributed by atoms with Gasteiger partial charge in [-0.2, -0.15) is 0 Å². The first-order valence-electron chi connectivity index (χ1n) is 5.94. The topological polar surface area (TPSA) is 77.8 Å². The van der Waals surface area contributed by atoms with Crippen LogP contribution < -0.4 is 5.73 Å². The maximum Gasteiger partial charge on any atom is 0.276 e. The highest BCUT2D eigenvalue weighted by atomic mass is 32.2. The number of rotatable bonds is 4. The van der Waals surface area contributed by atoms with E-state index < -0.39 is 0 Å². The third kappa shape index (κ3) is 2.63. The summed E-state index contributed by atoms with van der Waals surface area (Å²) in [5.41, 5.74) is 6.97. The molecule has 2 N–H and O–H groups in total. The minimum absolute atomic E-state index is 0.206. The molecule has 0 spiro atoms. The standard InChI is InChI=1S/C13H11FN4OS/c14-10-4-8-2-1-3-16-12(8)9(5-10)7-20-13-18-17-11(6-15)19-13/h1-5H,6-7,15H2. The number of nitrogens with two attached hydrogens (primary N) is 1. The lowest BCUT2D eigenvalue weighted by atomic mass is 10.1. The lowest BCUT2D eigenvalue weighted by Gasteiger charge is -2.04. The fourth-order valence-electron chi connectivity index (χ4n) is 1.86. The summed E-state index contributed by atoms with van der Waals surface area (Å²) in [6.07, 6.45) is 1.69. The van der Waals surface area contributed by atoms with Crippen molar-refractivity contribution in [1.82, 2.24) is 15.2 Å². The number of thioether (sulfide) groups is 1. The van der Waals surface area contributed by atoms with E-state index in [1.807, 2.05) is 6.07 Å². The van der Waals surface area contributed by atoms with Gasteiger partial charge in [-0.15, -0.1) is 10.2 Å². The smallest absolute Gasteiger partial charge is 0.276 e. The molecule has 2 heterocycles. The molecule has 3 aromatic rings. The van der Waals surface area contributed by atoms with Crippen molar-refractivity contribution in [3.63, 3.8) is 0 Å². The monoisotopic (exact) mass is 290 g/mol. The average Bonchev–Trinajstić information content (AvgIpc) is 2.92. The van der Waals surface area contributed by atoms with E-state index in [1.165, 1.54) is 23.9 Å². The molecular formula is C13H11FN4OS. The molecular weight excluding hydrogens is 279 g/mol. The highest BCUT2D eigenvalue weighted by Gasteiger charge is 2.09. The second kappa shape index (κ2) is 5.56. The average molecular weight is 290 g/mol. The Bertz CT molecular complexity index is 746. The molecule has 7 heteroatoms. The number of halogens is 1. The second-order valence-corrected chi connectivity index (χ2v) is 5.02. The zero-order valence-corrected chi connectivity index (χ0v) is 11.2. The summed E-state index contributed by atoms with van der Waals surface area (Å²) < 4.78 is 18.9. The summed E-state index contributed by atoms with van der Waals surface area (Å²) >= 11 is 1.33. The van der Waals surface area contributed by atoms with Crippen molar-refractivity contribution in [3.05, 3.63) is 47.7 Å². The van der Waals surface area contributed by atoms with E-state index in [4.69, 9.17) is 10.2 Å². The van der Waals surface area contributed by atoms with Gasteiger partial charge in [0.2, 0.25) is 5.89 Å². The molecule has 3 rings (SSSR count). The second-order valence-electron chi connectivity index (χ2n) is 4.09. The van der Waals surface area contributed by atoms with Crippen LogP contribution in [0.5, 0.6) is 0 Å². The number of hydrogen-bond acceptors (Lipinski definition) is 6. The summed E-state index contributed by atoms with van der Waals surface area (Å²) in [7, 11) is 0. The molecule has 0 unspecified atom stereocenters.